The Bertz CT molecular complexity index is 1200. The fourth-order valence-corrected chi connectivity index (χ4v) is 3.11. The molecule has 3 N–H and O–H groups in total. The maximum atomic E-state index is 13.8. The van der Waals surface area contributed by atoms with Crippen molar-refractivity contribution in [2.75, 3.05) is 17.7 Å². The fraction of sp³-hybridized carbons (Fsp3) is 0.217. The summed E-state index contributed by atoms with van der Waals surface area (Å²) >= 11 is 5.70. The van der Waals surface area contributed by atoms with Crippen molar-refractivity contribution in [3.63, 3.8) is 0 Å². The monoisotopic (exact) mass is 488 g/mol. The molecule has 0 bridgehead atoms. The average Bonchev–Trinajstić information content (AvgIpc) is 3.29. The third kappa shape index (κ3) is 6.10. The smallest absolute Gasteiger partial charge is 0.328 e. The second kappa shape index (κ2) is 10.8. The average molecular weight is 489 g/mol. The summed E-state index contributed by atoms with van der Waals surface area (Å²) in [6, 6.07) is 10.4. The minimum absolute atomic E-state index is 0.0150. The zero-order chi connectivity index (χ0) is 24.8. The van der Waals surface area contributed by atoms with E-state index in [9.17, 15) is 18.8 Å². The highest BCUT2D eigenvalue weighted by molar-refractivity contribution is 6.30. The maximum absolute atomic E-state index is 13.8. The molecule has 34 heavy (non-hydrogen) atoms. The number of methoxy groups -OCH3 is 1. The van der Waals surface area contributed by atoms with Gasteiger partial charge in [-0.3, -0.25) is 4.79 Å². The Balaban J connectivity index is 1.63. The van der Waals surface area contributed by atoms with Gasteiger partial charge in [-0.05, 0) is 36.2 Å². The maximum Gasteiger partial charge on any atom is 0.328 e. The van der Waals surface area contributed by atoms with Gasteiger partial charge in [-0.1, -0.05) is 42.7 Å². The fourth-order valence-electron chi connectivity index (χ4n) is 2.96. The Hall–Kier alpha value is -3.92. The van der Waals surface area contributed by atoms with Crippen molar-refractivity contribution >= 4 is 40.9 Å². The van der Waals surface area contributed by atoms with E-state index >= 15 is 0 Å². The Morgan fingerprint density at radius 1 is 1.06 bits per heavy atom. The van der Waals surface area contributed by atoms with Crippen LogP contribution in [-0.4, -0.2) is 36.2 Å². The molecule has 9 nitrogen and oxygen atoms in total. The van der Waals surface area contributed by atoms with E-state index in [0.29, 0.717) is 16.9 Å². The number of carbonyl (C=O) groups excluding carboxylic acids is 3. The highest BCUT2D eigenvalue weighted by atomic mass is 35.5. The van der Waals surface area contributed by atoms with Gasteiger partial charge in [-0.25, -0.2) is 14.0 Å². The quantitative estimate of drug-likeness (QED) is 0.414. The Morgan fingerprint density at radius 3 is 2.38 bits per heavy atom. The molecule has 1 heterocycles. The summed E-state index contributed by atoms with van der Waals surface area (Å²) in [4.78, 5) is 36.4. The summed E-state index contributed by atoms with van der Waals surface area (Å²) in [5.41, 5.74) is 1.42. The SMILES string of the molecule is COC(=O)[C@@H](NC(=O)c1cc(-c2ccc(NC(=O)Nc3ccc(Cl)cc3F)cc2)no1)C(C)C. The summed E-state index contributed by atoms with van der Waals surface area (Å²) in [6.45, 7) is 3.55. The van der Waals surface area contributed by atoms with Crippen LogP contribution in [0.4, 0.5) is 20.6 Å². The first-order valence-electron chi connectivity index (χ1n) is 10.2. The summed E-state index contributed by atoms with van der Waals surface area (Å²) in [6.07, 6.45) is 0. The number of amides is 3. The topological polar surface area (TPSA) is 123 Å². The predicted octanol–water partition coefficient (Wildman–Crippen LogP) is 4.71. The molecule has 0 aliphatic carbocycles. The molecule has 0 aliphatic heterocycles. The van der Waals surface area contributed by atoms with E-state index in [1.54, 1.807) is 38.1 Å². The van der Waals surface area contributed by atoms with Gasteiger partial charge in [-0.2, -0.15) is 0 Å². The number of aromatic nitrogens is 1. The normalized spacial score (nSPS) is 11.6. The summed E-state index contributed by atoms with van der Waals surface area (Å²) < 4.78 is 23.6. The standard InChI is InChI=1S/C23H22ClFN4O5/c1-12(2)20(22(31)33-3)28-21(30)19-11-18(29-34-19)13-4-7-15(8-5-13)26-23(32)27-17-9-6-14(24)10-16(17)25/h4-12,20H,1-3H3,(H,28,30)(H2,26,27,32)/t20-/m0/s1. The van der Waals surface area contributed by atoms with Crippen LogP contribution in [0, 0.1) is 11.7 Å². The van der Waals surface area contributed by atoms with Crippen molar-refractivity contribution in [2.45, 2.75) is 19.9 Å². The van der Waals surface area contributed by atoms with Gasteiger partial charge >= 0.3 is 12.0 Å². The number of carbonyl (C=O) groups is 3. The third-order valence-electron chi connectivity index (χ3n) is 4.76. The van der Waals surface area contributed by atoms with E-state index in [1.165, 1.54) is 25.3 Å². The number of urea groups is 1. The van der Waals surface area contributed by atoms with Crippen LogP contribution in [0.3, 0.4) is 0 Å². The zero-order valence-corrected chi connectivity index (χ0v) is 19.3. The molecule has 0 saturated heterocycles. The zero-order valence-electron chi connectivity index (χ0n) is 18.5. The van der Waals surface area contributed by atoms with Gasteiger partial charge in [-0.15, -0.1) is 0 Å². The first kappa shape index (κ1) is 24.7. The highest BCUT2D eigenvalue weighted by Crippen LogP contribution is 2.23. The molecule has 178 valence electrons. The van der Waals surface area contributed by atoms with Crippen LogP contribution in [0.25, 0.3) is 11.3 Å². The summed E-state index contributed by atoms with van der Waals surface area (Å²) in [5.74, 6) is -2.08. The highest BCUT2D eigenvalue weighted by Gasteiger charge is 2.27. The molecule has 3 amide bonds. The molecule has 2 aromatic carbocycles. The van der Waals surface area contributed by atoms with Gasteiger partial charge in [0.25, 0.3) is 5.91 Å². The van der Waals surface area contributed by atoms with Crippen LogP contribution in [0.1, 0.15) is 24.4 Å². The number of nitrogens with one attached hydrogen (secondary N) is 3. The third-order valence-corrected chi connectivity index (χ3v) is 5.00. The largest absolute Gasteiger partial charge is 0.467 e. The van der Waals surface area contributed by atoms with E-state index in [0.717, 1.165) is 6.07 Å². The predicted molar refractivity (Wildman–Crippen MR) is 124 cm³/mol. The molecule has 1 aromatic heterocycles. The molecule has 0 fully saturated rings. The number of anilines is 2. The minimum Gasteiger partial charge on any atom is -0.467 e. The van der Waals surface area contributed by atoms with E-state index in [1.807, 2.05) is 0 Å². The van der Waals surface area contributed by atoms with Gasteiger partial charge in [0.05, 0.1) is 12.8 Å². The molecule has 3 aromatic rings. The van der Waals surface area contributed by atoms with E-state index in [2.05, 4.69) is 21.1 Å². The van der Waals surface area contributed by atoms with E-state index in [4.69, 9.17) is 20.9 Å². The molecule has 3 rings (SSSR count). The van der Waals surface area contributed by atoms with E-state index < -0.39 is 29.8 Å². The number of esters is 1. The number of hydrogen-bond donors (Lipinski definition) is 3. The summed E-state index contributed by atoms with van der Waals surface area (Å²) in [7, 11) is 1.24. The number of hydrogen-bond acceptors (Lipinski definition) is 6. The Labute approximate surface area is 199 Å². The van der Waals surface area contributed by atoms with Crippen molar-refractivity contribution in [1.82, 2.24) is 10.5 Å². The second-order valence-electron chi connectivity index (χ2n) is 7.58. The van der Waals surface area contributed by atoms with Crippen LogP contribution < -0.4 is 16.0 Å². The van der Waals surface area contributed by atoms with Crippen molar-refractivity contribution in [1.29, 1.82) is 0 Å². The lowest BCUT2D eigenvalue weighted by Crippen LogP contribution is -2.44. The second-order valence-corrected chi connectivity index (χ2v) is 8.01. The molecular weight excluding hydrogens is 467 g/mol. The Kier molecular flexibility index (Phi) is 7.85. The number of ether oxygens (including phenoxy) is 1. The lowest BCUT2D eigenvalue weighted by molar-refractivity contribution is -0.144. The van der Waals surface area contributed by atoms with Crippen molar-refractivity contribution < 1.29 is 28.0 Å². The lowest BCUT2D eigenvalue weighted by atomic mass is 10.0. The van der Waals surface area contributed by atoms with Crippen LogP contribution in [0.5, 0.6) is 0 Å². The van der Waals surface area contributed by atoms with Crippen LogP contribution >= 0.6 is 11.6 Å². The molecule has 1 atom stereocenters. The van der Waals surface area contributed by atoms with Crippen molar-refractivity contribution in [2.24, 2.45) is 5.92 Å². The van der Waals surface area contributed by atoms with Gasteiger partial charge in [0.2, 0.25) is 5.76 Å². The number of rotatable bonds is 7. The van der Waals surface area contributed by atoms with E-state index in [-0.39, 0.29) is 22.4 Å². The Morgan fingerprint density at radius 2 is 1.76 bits per heavy atom. The summed E-state index contributed by atoms with van der Waals surface area (Å²) in [5, 5.41) is 11.6. The molecular formula is C23H22ClFN4O5. The molecule has 11 heteroatoms. The number of nitrogens with zero attached hydrogens (tertiary/aromatic N) is 1. The van der Waals surface area contributed by atoms with Gasteiger partial charge in [0, 0.05) is 22.3 Å². The van der Waals surface area contributed by atoms with Crippen LogP contribution in [0.2, 0.25) is 5.02 Å². The molecule has 0 spiro atoms. The van der Waals surface area contributed by atoms with Gasteiger partial charge < -0.3 is 25.2 Å². The molecule has 0 unspecified atom stereocenters. The van der Waals surface area contributed by atoms with Gasteiger partial charge in [0.15, 0.2) is 0 Å². The van der Waals surface area contributed by atoms with Crippen molar-refractivity contribution in [3.05, 3.63) is 65.1 Å². The first-order chi connectivity index (χ1) is 16.2. The first-order valence-corrected chi connectivity index (χ1v) is 10.5. The lowest BCUT2D eigenvalue weighted by Gasteiger charge is -2.18. The number of halogens is 2. The minimum atomic E-state index is -0.830. The van der Waals surface area contributed by atoms with Gasteiger partial charge in [0.1, 0.15) is 17.6 Å². The van der Waals surface area contributed by atoms with Crippen LogP contribution in [-0.2, 0) is 9.53 Å². The van der Waals surface area contributed by atoms with Crippen molar-refractivity contribution in [3.8, 4) is 11.3 Å². The van der Waals surface area contributed by atoms with Crippen LogP contribution in [0.15, 0.2) is 53.1 Å². The molecule has 0 aliphatic rings. The molecule has 0 saturated carbocycles. The molecule has 0 radical (unpaired) electrons. The number of benzene rings is 2.